The van der Waals surface area contributed by atoms with Gasteiger partial charge in [0.15, 0.2) is 6.10 Å². The molecule has 3 rings (SSSR count). The van der Waals surface area contributed by atoms with Gasteiger partial charge in [-0.25, -0.2) is 0 Å². The summed E-state index contributed by atoms with van der Waals surface area (Å²) in [6.07, 6.45) is -0.426. The Labute approximate surface area is 169 Å². The van der Waals surface area contributed by atoms with E-state index in [0.29, 0.717) is 22.7 Å². The fraction of sp³-hybridized carbons (Fsp3) is 0.318. The third kappa shape index (κ3) is 4.09. The van der Waals surface area contributed by atoms with E-state index in [4.69, 9.17) is 16.3 Å². The number of hydrogen-bond acceptors (Lipinski definition) is 4. The molecule has 2 aromatic rings. The molecule has 0 radical (unpaired) electrons. The van der Waals surface area contributed by atoms with Crippen molar-refractivity contribution in [1.82, 2.24) is 0 Å². The third-order valence-electron chi connectivity index (χ3n) is 4.97. The van der Waals surface area contributed by atoms with Crippen LogP contribution in [0, 0.1) is 12.8 Å². The van der Waals surface area contributed by atoms with E-state index in [9.17, 15) is 14.4 Å². The van der Waals surface area contributed by atoms with E-state index in [2.05, 4.69) is 0 Å². The Morgan fingerprint density at radius 1 is 1.18 bits per heavy atom. The molecule has 1 aliphatic rings. The quantitative estimate of drug-likeness (QED) is 0.539. The smallest absolute Gasteiger partial charge is 0.312 e. The van der Waals surface area contributed by atoms with Crippen molar-refractivity contribution in [3.05, 3.63) is 64.7 Å². The first-order chi connectivity index (χ1) is 13.4. The summed E-state index contributed by atoms with van der Waals surface area (Å²) < 4.78 is 5.49. The van der Waals surface area contributed by atoms with E-state index in [1.165, 1.54) is 0 Å². The van der Waals surface area contributed by atoms with Gasteiger partial charge in [0.1, 0.15) is 0 Å². The summed E-state index contributed by atoms with van der Waals surface area (Å²) in [5.74, 6) is -1.52. The molecule has 0 unspecified atom stereocenters. The van der Waals surface area contributed by atoms with Gasteiger partial charge in [-0.15, -0.1) is 0 Å². The van der Waals surface area contributed by atoms with Gasteiger partial charge in [-0.2, -0.15) is 0 Å². The lowest BCUT2D eigenvalue weighted by molar-refractivity contribution is -0.151. The molecule has 0 N–H and O–H groups in total. The first kappa shape index (κ1) is 20.1. The molecule has 1 heterocycles. The number of halogens is 1. The third-order valence-corrected chi connectivity index (χ3v) is 5.38. The maximum absolute atomic E-state index is 12.6. The molecule has 28 heavy (non-hydrogen) atoms. The monoisotopic (exact) mass is 399 g/mol. The van der Waals surface area contributed by atoms with E-state index >= 15 is 0 Å². The van der Waals surface area contributed by atoms with Gasteiger partial charge in [-0.05, 0) is 31.0 Å². The van der Waals surface area contributed by atoms with Crippen molar-refractivity contribution < 1.29 is 19.1 Å². The summed E-state index contributed by atoms with van der Waals surface area (Å²) in [6, 6.07) is 14.1. The van der Waals surface area contributed by atoms with E-state index in [0.717, 1.165) is 5.56 Å². The van der Waals surface area contributed by atoms with Gasteiger partial charge in [0.2, 0.25) is 11.7 Å². The molecule has 146 valence electrons. The minimum Gasteiger partial charge on any atom is -0.454 e. The van der Waals surface area contributed by atoms with Gasteiger partial charge >= 0.3 is 5.97 Å². The summed E-state index contributed by atoms with van der Waals surface area (Å²) in [7, 11) is 0. The summed E-state index contributed by atoms with van der Waals surface area (Å²) in [4.78, 5) is 39.3. The fourth-order valence-electron chi connectivity index (χ4n) is 3.33. The Balaban J connectivity index is 1.70. The lowest BCUT2D eigenvalue weighted by atomic mass is 10.0. The average Bonchev–Trinajstić information content (AvgIpc) is 3.10. The number of benzene rings is 2. The van der Waals surface area contributed by atoms with Crippen molar-refractivity contribution in [2.45, 2.75) is 32.8 Å². The van der Waals surface area contributed by atoms with Gasteiger partial charge in [0.05, 0.1) is 5.92 Å². The molecule has 6 heteroatoms. The van der Waals surface area contributed by atoms with Crippen molar-refractivity contribution in [2.24, 2.45) is 5.92 Å². The van der Waals surface area contributed by atoms with Crippen molar-refractivity contribution in [2.75, 3.05) is 11.4 Å². The number of anilines is 1. The minimum absolute atomic E-state index is 0.0563. The zero-order chi connectivity index (χ0) is 20.3. The van der Waals surface area contributed by atoms with Gasteiger partial charge < -0.3 is 9.64 Å². The van der Waals surface area contributed by atoms with E-state index < -0.39 is 18.0 Å². The van der Waals surface area contributed by atoms with Crippen LogP contribution in [0.3, 0.4) is 0 Å². The number of rotatable bonds is 6. The summed E-state index contributed by atoms with van der Waals surface area (Å²) >= 11 is 6.15. The zero-order valence-electron chi connectivity index (χ0n) is 15.9. The Morgan fingerprint density at radius 2 is 1.89 bits per heavy atom. The highest BCUT2D eigenvalue weighted by atomic mass is 35.5. The maximum atomic E-state index is 12.6. The molecule has 2 atom stereocenters. The van der Waals surface area contributed by atoms with Crippen LogP contribution in [0.4, 0.5) is 5.69 Å². The molecule has 1 amide bonds. The molecule has 2 aromatic carbocycles. The number of nitrogens with zero attached hydrogens (tertiary/aromatic N) is 1. The molecule has 0 bridgehead atoms. The second-order valence-corrected chi connectivity index (χ2v) is 7.26. The first-order valence-corrected chi connectivity index (χ1v) is 9.65. The normalized spacial score (nSPS) is 17.5. The van der Waals surface area contributed by atoms with E-state index in [-0.39, 0.29) is 24.7 Å². The largest absolute Gasteiger partial charge is 0.454 e. The lowest BCUT2D eigenvalue weighted by Crippen LogP contribution is -2.32. The highest BCUT2D eigenvalue weighted by molar-refractivity contribution is 6.31. The van der Waals surface area contributed by atoms with Crippen LogP contribution in [0.5, 0.6) is 0 Å². The predicted molar refractivity (Wildman–Crippen MR) is 108 cm³/mol. The van der Waals surface area contributed by atoms with Crippen LogP contribution in [0.2, 0.25) is 5.02 Å². The van der Waals surface area contributed by atoms with E-state index in [1.807, 2.05) is 13.0 Å². The van der Waals surface area contributed by atoms with Crippen molar-refractivity contribution in [1.29, 1.82) is 0 Å². The number of esters is 1. The average molecular weight is 400 g/mol. The molecule has 1 saturated heterocycles. The topological polar surface area (TPSA) is 63.7 Å². The predicted octanol–water partition coefficient (Wildman–Crippen LogP) is 4.21. The number of amides is 1. The van der Waals surface area contributed by atoms with Gasteiger partial charge in [-0.1, -0.05) is 54.9 Å². The SMILES string of the molecule is CC[C@@H](OC(=O)[C@@H]1CC(=O)N(c2cccc(Cl)c2C)C1)C(=O)c1ccccc1. The molecule has 0 saturated carbocycles. The van der Waals surface area contributed by atoms with Crippen LogP contribution in [0.1, 0.15) is 35.7 Å². The summed E-state index contributed by atoms with van der Waals surface area (Å²) in [5.41, 5.74) is 1.98. The van der Waals surface area contributed by atoms with E-state index in [1.54, 1.807) is 54.3 Å². The molecule has 5 nitrogen and oxygen atoms in total. The number of hydrogen-bond donors (Lipinski definition) is 0. The van der Waals surface area contributed by atoms with Gasteiger partial charge in [0, 0.05) is 29.2 Å². The van der Waals surface area contributed by atoms with Crippen molar-refractivity contribution >= 4 is 34.9 Å². The lowest BCUT2D eigenvalue weighted by Gasteiger charge is -2.20. The number of carbonyl (C=O) groups is 3. The molecule has 1 fully saturated rings. The molecule has 1 aliphatic heterocycles. The standard InChI is InChI=1S/C22H22ClNO4/c1-3-19(21(26)15-8-5-4-6-9-15)28-22(27)16-12-20(25)24(13-16)18-11-7-10-17(23)14(18)2/h4-11,16,19H,3,12-13H2,1-2H3/t16-,19-/m1/s1. The Kier molecular flexibility index (Phi) is 6.15. The Hall–Kier alpha value is -2.66. The second-order valence-electron chi connectivity index (χ2n) is 6.85. The molecular formula is C22H22ClNO4. The first-order valence-electron chi connectivity index (χ1n) is 9.27. The van der Waals surface area contributed by atoms with Crippen molar-refractivity contribution in [3.63, 3.8) is 0 Å². The minimum atomic E-state index is -0.855. The van der Waals surface area contributed by atoms with Crippen LogP contribution in [0.15, 0.2) is 48.5 Å². The number of ketones is 1. The fourth-order valence-corrected chi connectivity index (χ4v) is 3.50. The molecule has 0 spiro atoms. The molecule has 0 aromatic heterocycles. The number of Topliss-reactive ketones (excluding diaryl/α,β-unsaturated/α-hetero) is 1. The maximum Gasteiger partial charge on any atom is 0.312 e. The Bertz CT molecular complexity index is 897. The van der Waals surface area contributed by atoms with Crippen LogP contribution < -0.4 is 4.90 Å². The van der Waals surface area contributed by atoms with Crippen LogP contribution in [0.25, 0.3) is 0 Å². The number of carbonyl (C=O) groups excluding carboxylic acids is 3. The summed E-state index contributed by atoms with van der Waals surface area (Å²) in [6.45, 7) is 3.84. The molecular weight excluding hydrogens is 378 g/mol. The highest BCUT2D eigenvalue weighted by Crippen LogP contribution is 2.32. The van der Waals surface area contributed by atoms with Crippen LogP contribution >= 0.6 is 11.6 Å². The second kappa shape index (κ2) is 8.57. The zero-order valence-corrected chi connectivity index (χ0v) is 16.6. The summed E-state index contributed by atoms with van der Waals surface area (Å²) in [5, 5.41) is 0.566. The van der Waals surface area contributed by atoms with Crippen LogP contribution in [-0.2, 0) is 14.3 Å². The van der Waals surface area contributed by atoms with Gasteiger partial charge in [0.25, 0.3) is 0 Å². The molecule has 0 aliphatic carbocycles. The number of ether oxygens (including phenoxy) is 1. The highest BCUT2D eigenvalue weighted by Gasteiger charge is 2.38. The van der Waals surface area contributed by atoms with Crippen LogP contribution in [-0.4, -0.2) is 30.3 Å². The van der Waals surface area contributed by atoms with Gasteiger partial charge in [-0.3, -0.25) is 14.4 Å². The van der Waals surface area contributed by atoms with Crippen molar-refractivity contribution in [3.8, 4) is 0 Å². The Morgan fingerprint density at radius 3 is 2.57 bits per heavy atom.